The Kier molecular flexibility index (Phi) is 4.81. The lowest BCUT2D eigenvalue weighted by Crippen LogP contribution is -2.19. The minimum absolute atomic E-state index is 0.309. The number of amides is 2. The fourth-order valence-corrected chi connectivity index (χ4v) is 5.25. The van der Waals surface area contributed by atoms with Gasteiger partial charge in [0.15, 0.2) is 0 Å². The summed E-state index contributed by atoms with van der Waals surface area (Å²) >= 11 is 1.46. The van der Waals surface area contributed by atoms with E-state index in [1.54, 1.807) is 7.11 Å². The van der Waals surface area contributed by atoms with Gasteiger partial charge in [0, 0.05) is 4.88 Å². The van der Waals surface area contributed by atoms with E-state index in [1.807, 2.05) is 36.4 Å². The topological polar surface area (TPSA) is 81.4 Å². The smallest absolute Gasteiger partial charge is 0.260 e. The summed E-state index contributed by atoms with van der Waals surface area (Å²) in [6.45, 7) is 2.20. The van der Waals surface area contributed by atoms with Crippen LogP contribution in [0.2, 0.25) is 0 Å². The number of anilines is 1. The van der Waals surface area contributed by atoms with Gasteiger partial charge < -0.3 is 15.8 Å². The Morgan fingerprint density at radius 2 is 1.93 bits per heavy atom. The molecular weight excluding hydrogens is 372 g/mol. The van der Waals surface area contributed by atoms with Gasteiger partial charge in [-0.25, -0.2) is 0 Å². The summed E-state index contributed by atoms with van der Waals surface area (Å²) in [5.74, 6) is 0.257. The molecule has 0 aliphatic heterocycles. The summed E-state index contributed by atoms with van der Waals surface area (Å²) in [6, 6.07) is 11.4. The van der Waals surface area contributed by atoms with E-state index < -0.39 is 5.91 Å². The van der Waals surface area contributed by atoms with Crippen LogP contribution in [0.5, 0.6) is 5.75 Å². The Balaban J connectivity index is 1.73. The number of hydrogen-bond donors (Lipinski definition) is 2. The minimum Gasteiger partial charge on any atom is -0.496 e. The van der Waals surface area contributed by atoms with Gasteiger partial charge in [-0.15, -0.1) is 11.3 Å². The summed E-state index contributed by atoms with van der Waals surface area (Å²) < 4.78 is 5.44. The highest BCUT2D eigenvalue weighted by molar-refractivity contribution is 7.17. The largest absolute Gasteiger partial charge is 0.496 e. The van der Waals surface area contributed by atoms with Gasteiger partial charge in [-0.2, -0.15) is 0 Å². The molecule has 0 radical (unpaired) electrons. The standard InChI is InChI=1S/C22H22N2O3S/c1-12-7-8-15-18(9-12)28-22(19(15)20(23)25)24-21(26)16-10-13-5-3-4-6-14(13)11-17(16)27-2/h3-6,10-12H,7-9H2,1-2H3,(H2,23,25)(H,24,26)/t12-/m1/s1. The number of hydrogen-bond acceptors (Lipinski definition) is 4. The molecule has 144 valence electrons. The van der Waals surface area contributed by atoms with Crippen LogP contribution in [0.4, 0.5) is 5.00 Å². The molecule has 1 aliphatic rings. The summed E-state index contributed by atoms with van der Waals surface area (Å²) in [7, 11) is 1.54. The zero-order valence-corrected chi connectivity index (χ0v) is 16.7. The predicted molar refractivity (Wildman–Crippen MR) is 112 cm³/mol. The molecule has 3 aromatic rings. The Labute approximate surface area is 167 Å². The number of nitrogens with two attached hydrogens (primary N) is 1. The van der Waals surface area contributed by atoms with Gasteiger partial charge >= 0.3 is 0 Å². The lowest BCUT2D eigenvalue weighted by Gasteiger charge is -2.18. The molecule has 1 aromatic heterocycles. The monoisotopic (exact) mass is 394 g/mol. The van der Waals surface area contributed by atoms with E-state index in [-0.39, 0.29) is 5.91 Å². The molecule has 1 heterocycles. The minimum atomic E-state index is -0.493. The number of carbonyl (C=O) groups is 2. The number of benzene rings is 2. The number of fused-ring (bicyclic) bond motifs is 2. The number of carbonyl (C=O) groups excluding carboxylic acids is 2. The molecule has 2 aromatic carbocycles. The third-order valence-electron chi connectivity index (χ3n) is 5.30. The highest BCUT2D eigenvalue weighted by Crippen LogP contribution is 2.40. The maximum atomic E-state index is 13.1. The maximum absolute atomic E-state index is 13.1. The van der Waals surface area contributed by atoms with Gasteiger partial charge in [0.25, 0.3) is 11.8 Å². The third kappa shape index (κ3) is 3.24. The van der Waals surface area contributed by atoms with E-state index in [2.05, 4.69) is 12.2 Å². The normalized spacial score (nSPS) is 15.9. The van der Waals surface area contributed by atoms with E-state index in [0.717, 1.165) is 40.5 Å². The fraction of sp³-hybridized carbons (Fsp3) is 0.273. The van der Waals surface area contributed by atoms with Gasteiger partial charge in [0.1, 0.15) is 10.8 Å². The van der Waals surface area contributed by atoms with Crippen molar-refractivity contribution in [1.82, 2.24) is 0 Å². The van der Waals surface area contributed by atoms with Crippen molar-refractivity contribution in [3.63, 3.8) is 0 Å². The van der Waals surface area contributed by atoms with Crippen molar-refractivity contribution in [1.29, 1.82) is 0 Å². The maximum Gasteiger partial charge on any atom is 0.260 e. The second kappa shape index (κ2) is 7.28. The van der Waals surface area contributed by atoms with Crippen LogP contribution in [0, 0.1) is 5.92 Å². The molecule has 1 atom stereocenters. The molecule has 0 fully saturated rings. The average Bonchev–Trinajstić information content (AvgIpc) is 3.03. The predicted octanol–water partition coefficient (Wildman–Crippen LogP) is 4.39. The first-order valence-corrected chi connectivity index (χ1v) is 10.1. The molecule has 0 bridgehead atoms. The number of nitrogens with one attached hydrogen (secondary N) is 1. The van der Waals surface area contributed by atoms with Crippen molar-refractivity contribution in [2.45, 2.75) is 26.2 Å². The van der Waals surface area contributed by atoms with E-state index in [9.17, 15) is 9.59 Å². The average molecular weight is 394 g/mol. The molecule has 0 unspecified atom stereocenters. The molecule has 4 rings (SSSR count). The van der Waals surface area contributed by atoms with Crippen LogP contribution in [0.15, 0.2) is 36.4 Å². The van der Waals surface area contributed by atoms with Gasteiger partial charge in [-0.1, -0.05) is 31.2 Å². The highest BCUT2D eigenvalue weighted by atomic mass is 32.1. The number of primary amides is 1. The van der Waals surface area contributed by atoms with Crippen LogP contribution in [0.25, 0.3) is 10.8 Å². The van der Waals surface area contributed by atoms with Gasteiger partial charge in [-0.3, -0.25) is 9.59 Å². The second-order valence-electron chi connectivity index (χ2n) is 7.27. The highest BCUT2D eigenvalue weighted by Gasteiger charge is 2.28. The number of thiophene rings is 1. The molecule has 0 spiro atoms. The van der Waals surface area contributed by atoms with Crippen LogP contribution < -0.4 is 15.8 Å². The van der Waals surface area contributed by atoms with E-state index >= 15 is 0 Å². The van der Waals surface area contributed by atoms with Crippen LogP contribution in [0.3, 0.4) is 0 Å². The molecular formula is C22H22N2O3S. The molecule has 0 saturated carbocycles. The zero-order valence-electron chi connectivity index (χ0n) is 15.9. The van der Waals surface area contributed by atoms with Crippen molar-refractivity contribution < 1.29 is 14.3 Å². The van der Waals surface area contributed by atoms with Crippen molar-refractivity contribution in [2.75, 3.05) is 12.4 Å². The quantitative estimate of drug-likeness (QED) is 0.689. The lowest BCUT2D eigenvalue weighted by atomic mass is 9.88. The van der Waals surface area contributed by atoms with Crippen molar-refractivity contribution in [3.8, 4) is 5.75 Å². The molecule has 1 aliphatic carbocycles. The van der Waals surface area contributed by atoms with Gasteiger partial charge in [0.2, 0.25) is 0 Å². The summed E-state index contributed by atoms with van der Waals surface area (Å²) in [4.78, 5) is 26.3. The van der Waals surface area contributed by atoms with Gasteiger partial charge in [0.05, 0.1) is 18.2 Å². The molecule has 0 saturated heterocycles. The van der Waals surface area contributed by atoms with Crippen LogP contribution in [-0.4, -0.2) is 18.9 Å². The lowest BCUT2D eigenvalue weighted by molar-refractivity contribution is 0.1000. The summed E-state index contributed by atoms with van der Waals surface area (Å²) in [6.07, 6.45) is 2.76. The Bertz CT molecular complexity index is 1090. The van der Waals surface area contributed by atoms with Crippen LogP contribution >= 0.6 is 11.3 Å². The zero-order chi connectivity index (χ0) is 19.8. The second-order valence-corrected chi connectivity index (χ2v) is 8.38. The first-order chi connectivity index (χ1) is 13.5. The van der Waals surface area contributed by atoms with E-state index in [1.165, 1.54) is 11.3 Å². The van der Waals surface area contributed by atoms with Crippen LogP contribution in [0.1, 0.15) is 44.5 Å². The first kappa shape index (κ1) is 18.5. The SMILES string of the molecule is COc1cc2ccccc2cc1C(=O)Nc1sc2c(c1C(N)=O)CC[C@@H](C)C2. The van der Waals surface area contributed by atoms with Crippen molar-refractivity contribution in [3.05, 3.63) is 58.0 Å². The Hall–Kier alpha value is -2.86. The molecule has 6 heteroatoms. The molecule has 2 amide bonds. The Morgan fingerprint density at radius 3 is 2.61 bits per heavy atom. The van der Waals surface area contributed by atoms with Crippen LogP contribution in [-0.2, 0) is 12.8 Å². The van der Waals surface area contributed by atoms with E-state index in [4.69, 9.17) is 10.5 Å². The third-order valence-corrected chi connectivity index (χ3v) is 6.47. The molecule has 28 heavy (non-hydrogen) atoms. The Morgan fingerprint density at radius 1 is 1.21 bits per heavy atom. The van der Waals surface area contributed by atoms with E-state index in [0.29, 0.717) is 27.8 Å². The van der Waals surface area contributed by atoms with Gasteiger partial charge in [-0.05, 0) is 53.6 Å². The van der Waals surface area contributed by atoms with Crippen molar-refractivity contribution in [2.24, 2.45) is 11.7 Å². The summed E-state index contributed by atoms with van der Waals surface area (Å²) in [5.41, 5.74) is 7.54. The number of ether oxygens (including phenoxy) is 1. The number of methoxy groups -OCH3 is 1. The first-order valence-electron chi connectivity index (χ1n) is 9.30. The molecule has 3 N–H and O–H groups in total. The molecule has 5 nitrogen and oxygen atoms in total. The van der Waals surface area contributed by atoms with Crippen molar-refractivity contribution >= 4 is 38.9 Å². The fourth-order valence-electron chi connectivity index (χ4n) is 3.84. The number of rotatable bonds is 4. The summed E-state index contributed by atoms with van der Waals surface area (Å²) in [5, 5.41) is 5.39.